The number of nitrogens with one attached hydrogen (secondary N) is 2. The number of carboxylic acids is 1. The van der Waals surface area contributed by atoms with Crippen molar-refractivity contribution in [1.29, 1.82) is 0 Å². The Morgan fingerprint density at radius 2 is 1.58 bits per heavy atom. The zero-order valence-electron chi connectivity index (χ0n) is 19.0. The maximum absolute atomic E-state index is 12.3. The minimum absolute atomic E-state index is 0.0686. The minimum Gasteiger partial charge on any atom is -0.481 e. The van der Waals surface area contributed by atoms with Crippen LogP contribution in [-0.4, -0.2) is 39.4 Å². The number of carbonyl (C=O) groups excluding carboxylic acids is 2. The van der Waals surface area contributed by atoms with E-state index < -0.39 is 11.9 Å². The van der Waals surface area contributed by atoms with Gasteiger partial charge in [-0.3, -0.25) is 24.8 Å². The first-order chi connectivity index (χ1) is 17.4. The van der Waals surface area contributed by atoms with E-state index in [1.54, 1.807) is 48.8 Å². The van der Waals surface area contributed by atoms with Gasteiger partial charge in [0.15, 0.2) is 0 Å². The van der Waals surface area contributed by atoms with Gasteiger partial charge in [0.1, 0.15) is 0 Å². The molecule has 0 unspecified atom stereocenters. The van der Waals surface area contributed by atoms with Gasteiger partial charge in [-0.05, 0) is 48.5 Å². The summed E-state index contributed by atoms with van der Waals surface area (Å²) in [5.74, 6) is 9.74. The first kappa shape index (κ1) is 24.1. The Labute approximate surface area is 206 Å². The van der Waals surface area contributed by atoms with E-state index in [4.69, 9.17) is 10.9 Å². The van der Waals surface area contributed by atoms with E-state index in [1.807, 2.05) is 24.3 Å². The number of aliphatic carboxylic acids is 1. The second kappa shape index (κ2) is 10.9. The van der Waals surface area contributed by atoms with Crippen LogP contribution in [0.1, 0.15) is 38.3 Å². The number of benzene rings is 2. The van der Waals surface area contributed by atoms with Crippen LogP contribution < -0.4 is 16.6 Å². The molecule has 36 heavy (non-hydrogen) atoms. The van der Waals surface area contributed by atoms with E-state index in [0.29, 0.717) is 27.7 Å². The quantitative estimate of drug-likeness (QED) is 0.144. The van der Waals surface area contributed by atoms with Crippen LogP contribution in [-0.2, 0) is 4.79 Å². The van der Waals surface area contributed by atoms with Crippen LogP contribution in [0.15, 0.2) is 73.1 Å². The predicted octanol–water partition coefficient (Wildman–Crippen LogP) is 2.50. The Hall–Kier alpha value is -5.07. The van der Waals surface area contributed by atoms with Gasteiger partial charge in [0.05, 0.1) is 23.2 Å². The topological polar surface area (TPSA) is 147 Å². The van der Waals surface area contributed by atoms with E-state index in [9.17, 15) is 14.4 Å². The van der Waals surface area contributed by atoms with Crippen molar-refractivity contribution in [2.45, 2.75) is 6.42 Å². The summed E-state index contributed by atoms with van der Waals surface area (Å²) in [6.07, 6.45) is 3.06. The lowest BCUT2D eigenvalue weighted by atomic mass is 10.0. The van der Waals surface area contributed by atoms with E-state index in [0.717, 1.165) is 16.7 Å². The monoisotopic (exact) mass is 479 g/mol. The first-order valence-electron chi connectivity index (χ1n) is 10.9. The number of hydrogen-bond donors (Lipinski definition) is 4. The second-order valence-electron chi connectivity index (χ2n) is 7.73. The summed E-state index contributed by atoms with van der Waals surface area (Å²) in [5.41, 5.74) is 6.52. The fourth-order valence-electron chi connectivity index (χ4n) is 3.44. The molecule has 4 rings (SSSR count). The highest BCUT2D eigenvalue weighted by Gasteiger charge is 2.13. The molecule has 2 aromatic carbocycles. The third-order valence-corrected chi connectivity index (χ3v) is 5.29. The van der Waals surface area contributed by atoms with Crippen LogP contribution in [0.2, 0.25) is 0 Å². The number of pyridine rings is 2. The Morgan fingerprint density at radius 3 is 2.22 bits per heavy atom. The molecule has 4 aromatic rings. The van der Waals surface area contributed by atoms with Crippen molar-refractivity contribution in [3.63, 3.8) is 0 Å². The molecule has 0 aliphatic heterocycles. The molecular weight excluding hydrogens is 458 g/mol. The predicted molar refractivity (Wildman–Crippen MR) is 134 cm³/mol. The number of rotatable bonds is 6. The molecule has 0 aliphatic rings. The largest absolute Gasteiger partial charge is 0.481 e. The summed E-state index contributed by atoms with van der Waals surface area (Å²) < 4.78 is 0. The van der Waals surface area contributed by atoms with Crippen molar-refractivity contribution in [2.24, 2.45) is 5.84 Å². The molecule has 0 fully saturated rings. The average molecular weight is 479 g/mol. The minimum atomic E-state index is -0.969. The van der Waals surface area contributed by atoms with Gasteiger partial charge >= 0.3 is 5.97 Å². The zero-order chi connectivity index (χ0) is 25.5. The third kappa shape index (κ3) is 5.70. The molecule has 0 saturated heterocycles. The highest BCUT2D eigenvalue weighted by molar-refractivity contribution is 6.06. The number of hydrazine groups is 1. The smallest absolute Gasteiger partial charge is 0.305 e. The summed E-state index contributed by atoms with van der Waals surface area (Å²) in [6, 6.07) is 17.6. The number of aromatic nitrogens is 2. The standard InChI is InChI=1S/C27H21N5O4/c28-32-27(36)21-15-24(31-23-11-13-29-16-22(21)23)19-7-3-17(4-8-19)1-2-18-5-9-20(10-6-18)26(35)30-14-12-25(33)34/h3-11,13,15-16H,12,14,28H2,(H,30,35)(H,32,36)(H,33,34). The molecule has 0 radical (unpaired) electrons. The number of carbonyl (C=O) groups is 3. The Bertz CT molecular complexity index is 1500. The number of nitrogen functional groups attached to an aromatic ring is 1. The summed E-state index contributed by atoms with van der Waals surface area (Å²) in [4.78, 5) is 43.5. The van der Waals surface area contributed by atoms with Crippen LogP contribution in [0.3, 0.4) is 0 Å². The molecule has 0 aliphatic carbocycles. The SMILES string of the molecule is NNC(=O)c1cc(-c2ccc(C#Cc3ccc(C(=O)NCCC(=O)O)cc3)cc2)nc2ccncc12. The van der Waals surface area contributed by atoms with Crippen LogP contribution in [0.25, 0.3) is 22.2 Å². The normalized spacial score (nSPS) is 10.2. The maximum atomic E-state index is 12.3. The average Bonchev–Trinajstić information content (AvgIpc) is 2.91. The fraction of sp³-hybridized carbons (Fsp3) is 0.0741. The first-order valence-corrected chi connectivity index (χ1v) is 10.9. The van der Waals surface area contributed by atoms with Gasteiger partial charge in [-0.15, -0.1) is 0 Å². The van der Waals surface area contributed by atoms with E-state index in [-0.39, 0.29) is 18.9 Å². The Kier molecular flexibility index (Phi) is 7.29. The van der Waals surface area contributed by atoms with Gasteiger partial charge in [0.25, 0.3) is 11.8 Å². The van der Waals surface area contributed by atoms with E-state index >= 15 is 0 Å². The van der Waals surface area contributed by atoms with Gasteiger partial charge in [-0.25, -0.2) is 10.8 Å². The third-order valence-electron chi connectivity index (χ3n) is 5.29. The number of amides is 2. The lowest BCUT2D eigenvalue weighted by Gasteiger charge is -2.08. The molecule has 9 heteroatoms. The molecular formula is C27H21N5O4. The van der Waals surface area contributed by atoms with Gasteiger partial charge in [-0.1, -0.05) is 24.0 Å². The molecule has 0 bridgehead atoms. The van der Waals surface area contributed by atoms with Crippen molar-refractivity contribution in [3.8, 4) is 23.1 Å². The molecule has 0 atom stereocenters. The van der Waals surface area contributed by atoms with Crippen molar-refractivity contribution < 1.29 is 19.5 Å². The molecule has 2 aromatic heterocycles. The summed E-state index contributed by atoms with van der Waals surface area (Å²) >= 11 is 0. The van der Waals surface area contributed by atoms with Crippen LogP contribution >= 0.6 is 0 Å². The molecule has 0 spiro atoms. The summed E-state index contributed by atoms with van der Waals surface area (Å²) in [6.45, 7) is 0.0686. The summed E-state index contributed by atoms with van der Waals surface area (Å²) in [5, 5.41) is 11.8. The highest BCUT2D eigenvalue weighted by atomic mass is 16.4. The highest BCUT2D eigenvalue weighted by Crippen LogP contribution is 2.24. The van der Waals surface area contributed by atoms with Crippen molar-refractivity contribution in [1.82, 2.24) is 20.7 Å². The molecule has 2 amide bonds. The molecule has 5 N–H and O–H groups in total. The van der Waals surface area contributed by atoms with Crippen molar-refractivity contribution >= 4 is 28.7 Å². The lowest BCUT2D eigenvalue weighted by Crippen LogP contribution is -2.30. The van der Waals surface area contributed by atoms with E-state index in [1.165, 1.54) is 0 Å². The molecule has 0 saturated carbocycles. The summed E-state index contributed by atoms with van der Waals surface area (Å²) in [7, 11) is 0. The number of nitrogens with zero attached hydrogens (tertiary/aromatic N) is 2. The zero-order valence-corrected chi connectivity index (χ0v) is 19.0. The van der Waals surface area contributed by atoms with Gasteiger partial charge in [0, 0.05) is 46.6 Å². The van der Waals surface area contributed by atoms with Crippen molar-refractivity contribution in [3.05, 3.63) is 95.3 Å². The number of fused-ring (bicyclic) bond motifs is 1. The van der Waals surface area contributed by atoms with Gasteiger partial charge in [0.2, 0.25) is 0 Å². The molecule has 9 nitrogen and oxygen atoms in total. The molecule has 178 valence electrons. The molecule has 2 heterocycles. The Balaban J connectivity index is 1.49. The Morgan fingerprint density at radius 1 is 0.917 bits per heavy atom. The fourth-order valence-corrected chi connectivity index (χ4v) is 3.44. The van der Waals surface area contributed by atoms with Crippen molar-refractivity contribution in [2.75, 3.05) is 6.54 Å². The number of carboxylic acid groups (broad SMARTS) is 1. The van der Waals surface area contributed by atoms with Gasteiger partial charge in [-0.2, -0.15) is 0 Å². The van der Waals surface area contributed by atoms with E-state index in [2.05, 4.69) is 32.6 Å². The number of nitrogens with two attached hydrogens (primary N) is 1. The van der Waals surface area contributed by atoms with Crippen LogP contribution in [0.5, 0.6) is 0 Å². The van der Waals surface area contributed by atoms with Crippen LogP contribution in [0.4, 0.5) is 0 Å². The maximum Gasteiger partial charge on any atom is 0.305 e. The number of hydrogen-bond acceptors (Lipinski definition) is 6. The second-order valence-corrected chi connectivity index (χ2v) is 7.73. The van der Waals surface area contributed by atoms with Gasteiger partial charge < -0.3 is 10.4 Å². The lowest BCUT2D eigenvalue weighted by molar-refractivity contribution is -0.136. The van der Waals surface area contributed by atoms with Crippen LogP contribution in [0, 0.1) is 11.8 Å².